The molecule has 3 rings (SSSR count). The molecule has 1 atom stereocenters. The third kappa shape index (κ3) is 3.59. The van der Waals surface area contributed by atoms with E-state index in [-0.39, 0.29) is 11.5 Å². The number of benzene rings is 2. The van der Waals surface area contributed by atoms with Gasteiger partial charge in [-0.1, -0.05) is 64.1 Å². The van der Waals surface area contributed by atoms with Crippen LogP contribution in [0.25, 0.3) is 0 Å². The smallest absolute Gasteiger partial charge is 0.0429 e. The molecule has 25 heavy (non-hydrogen) atoms. The van der Waals surface area contributed by atoms with Gasteiger partial charge in [-0.05, 0) is 53.0 Å². The van der Waals surface area contributed by atoms with E-state index < -0.39 is 0 Å². The molecule has 0 saturated carbocycles. The Bertz CT molecular complexity index is 718. The van der Waals surface area contributed by atoms with E-state index in [0.717, 1.165) is 25.9 Å². The number of fused-ring (bicyclic) bond motifs is 1. The molecule has 2 nitrogen and oxygen atoms in total. The lowest BCUT2D eigenvalue weighted by molar-refractivity contribution is 0.451. The lowest BCUT2D eigenvalue weighted by Gasteiger charge is -2.41. The molecule has 0 bridgehead atoms. The zero-order valence-electron chi connectivity index (χ0n) is 16.2. The molecule has 0 aliphatic carbocycles. The molecule has 0 radical (unpaired) electrons. The van der Waals surface area contributed by atoms with Crippen molar-refractivity contribution in [3.63, 3.8) is 0 Å². The first kappa shape index (κ1) is 18.0. The van der Waals surface area contributed by atoms with Crippen LogP contribution in [0.2, 0.25) is 0 Å². The fourth-order valence-electron chi connectivity index (χ4n) is 3.96. The van der Waals surface area contributed by atoms with Gasteiger partial charge >= 0.3 is 0 Å². The van der Waals surface area contributed by atoms with Gasteiger partial charge in [0.15, 0.2) is 0 Å². The largest absolute Gasteiger partial charge is 0.367 e. The molecular formula is C23H32N2. The summed E-state index contributed by atoms with van der Waals surface area (Å²) >= 11 is 0. The fraction of sp³-hybridized carbons (Fsp3) is 0.478. The Labute approximate surface area is 153 Å². The first-order valence-electron chi connectivity index (χ1n) is 9.68. The molecule has 0 spiro atoms. The van der Waals surface area contributed by atoms with Crippen LogP contribution in [0, 0.1) is 0 Å². The molecule has 1 aliphatic rings. The third-order valence-corrected chi connectivity index (χ3v) is 5.77. The predicted molar refractivity (Wildman–Crippen MR) is 108 cm³/mol. The molecule has 0 fully saturated rings. The van der Waals surface area contributed by atoms with Gasteiger partial charge in [-0.2, -0.15) is 0 Å². The van der Waals surface area contributed by atoms with Crippen LogP contribution in [0.15, 0.2) is 42.5 Å². The van der Waals surface area contributed by atoms with Crippen molar-refractivity contribution in [2.75, 3.05) is 11.4 Å². The van der Waals surface area contributed by atoms with Gasteiger partial charge in [0.1, 0.15) is 0 Å². The molecule has 2 aromatic rings. The van der Waals surface area contributed by atoms with Crippen molar-refractivity contribution in [2.45, 2.75) is 65.0 Å². The SMILES string of the molecule is CCc1cc2c(cc1C(N)CC)N(Cc1ccccc1)CCC2(C)C. The standard InChI is InChI=1S/C23H32N2/c1-5-18-14-20-22(15-19(18)21(24)6-2)25(13-12-23(20,3)4)16-17-10-8-7-9-11-17/h7-11,14-15,21H,5-6,12-13,16,24H2,1-4H3. The average molecular weight is 337 g/mol. The second-order valence-corrected chi connectivity index (χ2v) is 7.98. The van der Waals surface area contributed by atoms with E-state index in [4.69, 9.17) is 5.73 Å². The zero-order valence-corrected chi connectivity index (χ0v) is 16.2. The summed E-state index contributed by atoms with van der Waals surface area (Å²) in [5.74, 6) is 0. The quantitative estimate of drug-likeness (QED) is 0.798. The van der Waals surface area contributed by atoms with Crippen LogP contribution >= 0.6 is 0 Å². The number of nitrogens with zero attached hydrogens (tertiary/aromatic N) is 1. The van der Waals surface area contributed by atoms with Gasteiger partial charge in [-0.25, -0.2) is 0 Å². The van der Waals surface area contributed by atoms with Gasteiger partial charge in [0.25, 0.3) is 0 Å². The maximum Gasteiger partial charge on any atom is 0.0429 e. The van der Waals surface area contributed by atoms with E-state index in [1.807, 2.05) is 0 Å². The van der Waals surface area contributed by atoms with Crippen molar-refractivity contribution >= 4 is 5.69 Å². The molecule has 0 amide bonds. The van der Waals surface area contributed by atoms with Crippen molar-refractivity contribution in [1.82, 2.24) is 0 Å². The van der Waals surface area contributed by atoms with Gasteiger partial charge in [-0.15, -0.1) is 0 Å². The van der Waals surface area contributed by atoms with Crippen LogP contribution in [0.3, 0.4) is 0 Å². The lowest BCUT2D eigenvalue weighted by Crippen LogP contribution is -2.37. The summed E-state index contributed by atoms with van der Waals surface area (Å²) in [5, 5.41) is 0. The monoisotopic (exact) mass is 336 g/mol. The molecule has 2 aromatic carbocycles. The van der Waals surface area contributed by atoms with Crippen molar-refractivity contribution < 1.29 is 0 Å². The molecule has 1 heterocycles. The van der Waals surface area contributed by atoms with Crippen LogP contribution < -0.4 is 10.6 Å². The Balaban J connectivity index is 2.06. The first-order chi connectivity index (χ1) is 12.0. The zero-order chi connectivity index (χ0) is 18.0. The molecular weight excluding hydrogens is 304 g/mol. The summed E-state index contributed by atoms with van der Waals surface area (Å²) in [6.45, 7) is 11.2. The fourth-order valence-corrected chi connectivity index (χ4v) is 3.96. The minimum Gasteiger partial charge on any atom is -0.367 e. The summed E-state index contributed by atoms with van der Waals surface area (Å²) in [6.07, 6.45) is 3.22. The third-order valence-electron chi connectivity index (χ3n) is 5.77. The van der Waals surface area contributed by atoms with Crippen LogP contribution in [0.5, 0.6) is 0 Å². The highest BCUT2D eigenvalue weighted by Crippen LogP contribution is 2.42. The average Bonchev–Trinajstić information content (AvgIpc) is 2.63. The highest BCUT2D eigenvalue weighted by molar-refractivity contribution is 5.63. The topological polar surface area (TPSA) is 29.3 Å². The second kappa shape index (κ2) is 7.21. The lowest BCUT2D eigenvalue weighted by atomic mass is 9.75. The Morgan fingerprint density at radius 2 is 1.84 bits per heavy atom. The van der Waals surface area contributed by atoms with Crippen molar-refractivity contribution in [3.05, 3.63) is 64.7 Å². The number of nitrogens with two attached hydrogens (primary N) is 1. The molecule has 1 unspecified atom stereocenters. The molecule has 0 aromatic heterocycles. The van der Waals surface area contributed by atoms with E-state index in [0.29, 0.717) is 0 Å². The van der Waals surface area contributed by atoms with Gasteiger partial charge in [0.2, 0.25) is 0 Å². The normalized spacial score (nSPS) is 17.2. The number of rotatable bonds is 5. The maximum absolute atomic E-state index is 6.45. The maximum atomic E-state index is 6.45. The van der Waals surface area contributed by atoms with Gasteiger partial charge in [0.05, 0.1) is 0 Å². The minimum absolute atomic E-state index is 0.129. The Morgan fingerprint density at radius 1 is 1.12 bits per heavy atom. The molecule has 2 heteroatoms. The Hall–Kier alpha value is -1.80. The summed E-state index contributed by atoms with van der Waals surface area (Å²) in [7, 11) is 0. The van der Waals surface area contributed by atoms with Crippen LogP contribution in [-0.2, 0) is 18.4 Å². The Morgan fingerprint density at radius 3 is 2.48 bits per heavy atom. The molecule has 1 aliphatic heterocycles. The number of anilines is 1. The molecule has 0 saturated heterocycles. The summed E-state index contributed by atoms with van der Waals surface area (Å²) in [5.41, 5.74) is 13.7. The number of hydrogen-bond donors (Lipinski definition) is 1. The van der Waals surface area contributed by atoms with E-state index in [2.05, 4.69) is 75.1 Å². The number of hydrogen-bond acceptors (Lipinski definition) is 2. The van der Waals surface area contributed by atoms with Crippen LogP contribution in [0.1, 0.15) is 68.8 Å². The van der Waals surface area contributed by atoms with Crippen molar-refractivity contribution in [1.29, 1.82) is 0 Å². The summed E-state index contributed by atoms with van der Waals surface area (Å²) in [4.78, 5) is 2.54. The van der Waals surface area contributed by atoms with Gasteiger partial charge in [0, 0.05) is 24.8 Å². The second-order valence-electron chi connectivity index (χ2n) is 7.98. The highest BCUT2D eigenvalue weighted by Gasteiger charge is 2.32. The van der Waals surface area contributed by atoms with Crippen LogP contribution in [0.4, 0.5) is 5.69 Å². The highest BCUT2D eigenvalue weighted by atomic mass is 15.1. The van der Waals surface area contributed by atoms with Crippen molar-refractivity contribution in [3.8, 4) is 0 Å². The summed E-state index contributed by atoms with van der Waals surface area (Å²) < 4.78 is 0. The summed E-state index contributed by atoms with van der Waals surface area (Å²) in [6, 6.07) is 15.7. The predicted octanol–water partition coefficient (Wildman–Crippen LogP) is 5.35. The van der Waals surface area contributed by atoms with E-state index >= 15 is 0 Å². The number of aryl methyl sites for hydroxylation is 1. The van der Waals surface area contributed by atoms with E-state index in [1.165, 1.54) is 34.4 Å². The van der Waals surface area contributed by atoms with Gasteiger partial charge < -0.3 is 10.6 Å². The van der Waals surface area contributed by atoms with Crippen LogP contribution in [-0.4, -0.2) is 6.54 Å². The van der Waals surface area contributed by atoms with E-state index in [1.54, 1.807) is 0 Å². The van der Waals surface area contributed by atoms with Gasteiger partial charge in [-0.3, -0.25) is 0 Å². The minimum atomic E-state index is 0.129. The first-order valence-corrected chi connectivity index (χ1v) is 9.68. The molecule has 2 N–H and O–H groups in total. The Kier molecular flexibility index (Phi) is 5.19. The van der Waals surface area contributed by atoms with Crippen molar-refractivity contribution in [2.24, 2.45) is 5.73 Å². The van der Waals surface area contributed by atoms with E-state index in [9.17, 15) is 0 Å². The molecule has 134 valence electrons.